The molecule has 0 saturated heterocycles. The Morgan fingerprint density at radius 3 is 2.28 bits per heavy atom. The Morgan fingerprint density at radius 2 is 1.59 bits per heavy atom. The smallest absolute Gasteiger partial charge is 0.368 e. The van der Waals surface area contributed by atoms with E-state index in [1.165, 1.54) is 0 Å². The van der Waals surface area contributed by atoms with Crippen molar-refractivity contribution in [3.05, 3.63) is 99.0 Å². The molecule has 0 spiro atoms. The van der Waals surface area contributed by atoms with Crippen molar-refractivity contribution in [3.8, 4) is 11.5 Å². The Bertz CT molecular complexity index is 1190. The number of nitrogens with zero attached hydrogens (tertiary/aromatic N) is 1. The molecule has 0 amide bonds. The summed E-state index contributed by atoms with van der Waals surface area (Å²) in [6.07, 6.45) is 1.72. The summed E-state index contributed by atoms with van der Waals surface area (Å²) in [7, 11) is 0. The molecule has 1 aliphatic heterocycles. The monoisotopic (exact) mass is 467 g/mol. The highest BCUT2D eigenvalue weighted by atomic mass is 35.5. The van der Waals surface area contributed by atoms with E-state index >= 15 is 0 Å². The lowest BCUT2D eigenvalue weighted by atomic mass is 10.0. The molecule has 7 heteroatoms. The lowest BCUT2D eigenvalue weighted by Crippen LogP contribution is -2.07. The number of carbonyl (C=O) groups is 1. The summed E-state index contributed by atoms with van der Waals surface area (Å²) in [6.45, 7) is 2.74. The summed E-state index contributed by atoms with van der Waals surface area (Å²) in [6, 6.07) is 20.0. The fourth-order valence-corrected chi connectivity index (χ4v) is 3.39. The van der Waals surface area contributed by atoms with Crippen LogP contribution < -0.4 is 9.47 Å². The molecule has 0 fully saturated rings. The number of halogens is 2. The standard InChI is InChI=1S/C25H19Cl2NO4/c1-2-30-23-14-17(5-12-22(23)31-15-16-3-8-19(26)9-4-16)13-21-24(28-32-25(21)29)18-6-10-20(27)11-7-18/h3-14H,2,15H2,1H3/b21-13-. The number of rotatable bonds is 7. The van der Waals surface area contributed by atoms with Crippen LogP contribution in [0.4, 0.5) is 0 Å². The molecule has 0 atom stereocenters. The molecule has 0 saturated carbocycles. The fourth-order valence-electron chi connectivity index (χ4n) is 3.14. The van der Waals surface area contributed by atoms with E-state index in [0.29, 0.717) is 46.0 Å². The van der Waals surface area contributed by atoms with Gasteiger partial charge in [0.1, 0.15) is 12.3 Å². The van der Waals surface area contributed by atoms with Crippen LogP contribution in [0.1, 0.15) is 23.6 Å². The lowest BCUT2D eigenvalue weighted by Gasteiger charge is -2.13. The SMILES string of the molecule is CCOc1cc(/C=C2\C(=O)ON=C2c2ccc(Cl)cc2)ccc1OCc1ccc(Cl)cc1. The molecule has 32 heavy (non-hydrogen) atoms. The molecule has 0 aliphatic carbocycles. The number of oxime groups is 1. The minimum Gasteiger partial charge on any atom is -0.490 e. The van der Waals surface area contributed by atoms with Gasteiger partial charge in [0.2, 0.25) is 0 Å². The van der Waals surface area contributed by atoms with Crippen molar-refractivity contribution in [2.45, 2.75) is 13.5 Å². The minimum absolute atomic E-state index is 0.351. The summed E-state index contributed by atoms with van der Waals surface area (Å²) in [4.78, 5) is 17.2. The van der Waals surface area contributed by atoms with Gasteiger partial charge in [0.05, 0.1) is 12.2 Å². The number of carbonyl (C=O) groups excluding carboxylic acids is 1. The quantitative estimate of drug-likeness (QED) is 0.301. The van der Waals surface area contributed by atoms with Crippen LogP contribution in [0.15, 0.2) is 77.5 Å². The molecule has 1 heterocycles. The zero-order valence-electron chi connectivity index (χ0n) is 17.2. The maximum absolute atomic E-state index is 12.3. The molecule has 1 aliphatic rings. The number of benzene rings is 3. The van der Waals surface area contributed by atoms with Crippen molar-refractivity contribution in [2.24, 2.45) is 5.16 Å². The van der Waals surface area contributed by atoms with Gasteiger partial charge in [-0.2, -0.15) is 0 Å². The van der Waals surface area contributed by atoms with E-state index in [1.54, 1.807) is 30.3 Å². The first-order chi connectivity index (χ1) is 15.5. The molecule has 5 nitrogen and oxygen atoms in total. The van der Waals surface area contributed by atoms with Gasteiger partial charge in [0, 0.05) is 15.6 Å². The summed E-state index contributed by atoms with van der Waals surface area (Å²) in [5.41, 5.74) is 3.28. The van der Waals surface area contributed by atoms with Crippen LogP contribution in [-0.2, 0) is 16.2 Å². The average Bonchev–Trinajstić information content (AvgIpc) is 3.15. The molecule has 162 valence electrons. The molecular formula is C25H19Cl2NO4. The van der Waals surface area contributed by atoms with E-state index in [-0.39, 0.29) is 0 Å². The van der Waals surface area contributed by atoms with Crippen LogP contribution in [-0.4, -0.2) is 18.3 Å². The van der Waals surface area contributed by atoms with E-state index in [9.17, 15) is 4.79 Å². The first-order valence-electron chi connectivity index (χ1n) is 9.95. The van der Waals surface area contributed by atoms with Gasteiger partial charge >= 0.3 is 5.97 Å². The molecule has 0 radical (unpaired) electrons. The summed E-state index contributed by atoms with van der Waals surface area (Å²) in [5, 5.41) is 5.20. The van der Waals surface area contributed by atoms with Crippen LogP contribution >= 0.6 is 23.2 Å². The average molecular weight is 468 g/mol. The summed E-state index contributed by atoms with van der Waals surface area (Å²) in [5.74, 6) is 0.660. The fraction of sp³-hybridized carbons (Fsp3) is 0.120. The maximum atomic E-state index is 12.3. The van der Waals surface area contributed by atoms with Gasteiger partial charge in [-0.15, -0.1) is 0 Å². The Kier molecular flexibility index (Phi) is 6.78. The van der Waals surface area contributed by atoms with Gasteiger partial charge in [-0.1, -0.05) is 58.7 Å². The zero-order chi connectivity index (χ0) is 22.5. The van der Waals surface area contributed by atoms with Crippen molar-refractivity contribution in [2.75, 3.05) is 6.61 Å². The third kappa shape index (κ3) is 5.13. The van der Waals surface area contributed by atoms with Crippen LogP contribution in [0, 0.1) is 0 Å². The number of hydrogen-bond acceptors (Lipinski definition) is 5. The molecule has 0 bridgehead atoms. The molecule has 3 aromatic carbocycles. The predicted octanol–water partition coefficient (Wildman–Crippen LogP) is 6.32. The zero-order valence-corrected chi connectivity index (χ0v) is 18.7. The van der Waals surface area contributed by atoms with E-state index in [2.05, 4.69) is 5.16 Å². The van der Waals surface area contributed by atoms with Crippen LogP contribution in [0.25, 0.3) is 6.08 Å². The highest BCUT2D eigenvalue weighted by Gasteiger charge is 2.27. The summed E-state index contributed by atoms with van der Waals surface area (Å²) < 4.78 is 11.7. The lowest BCUT2D eigenvalue weighted by molar-refractivity contribution is -0.136. The van der Waals surface area contributed by atoms with Gasteiger partial charge in [-0.25, -0.2) is 4.79 Å². The second-order valence-corrected chi connectivity index (χ2v) is 7.81. The predicted molar refractivity (Wildman–Crippen MR) is 125 cm³/mol. The molecule has 0 aromatic heterocycles. The van der Waals surface area contributed by atoms with Crippen LogP contribution in [0.3, 0.4) is 0 Å². The van der Waals surface area contributed by atoms with E-state index in [4.69, 9.17) is 37.5 Å². The van der Waals surface area contributed by atoms with Gasteiger partial charge in [-0.05, 0) is 60.5 Å². The van der Waals surface area contributed by atoms with Crippen molar-refractivity contribution < 1.29 is 19.1 Å². The Balaban J connectivity index is 1.58. The van der Waals surface area contributed by atoms with Crippen molar-refractivity contribution in [3.63, 3.8) is 0 Å². The molecular weight excluding hydrogens is 449 g/mol. The van der Waals surface area contributed by atoms with E-state index in [1.807, 2.05) is 49.4 Å². The largest absolute Gasteiger partial charge is 0.490 e. The van der Waals surface area contributed by atoms with Crippen molar-refractivity contribution in [1.82, 2.24) is 0 Å². The van der Waals surface area contributed by atoms with Gasteiger partial charge < -0.3 is 14.3 Å². The first kappa shape index (κ1) is 21.9. The second-order valence-electron chi connectivity index (χ2n) is 6.94. The molecule has 3 aromatic rings. The summed E-state index contributed by atoms with van der Waals surface area (Å²) >= 11 is 11.9. The Hall–Kier alpha value is -3.28. The third-order valence-corrected chi connectivity index (χ3v) is 5.20. The number of ether oxygens (including phenoxy) is 2. The normalized spacial score (nSPS) is 14.3. The first-order valence-corrected chi connectivity index (χ1v) is 10.7. The molecule has 0 unspecified atom stereocenters. The van der Waals surface area contributed by atoms with Crippen molar-refractivity contribution >= 4 is 41.0 Å². The highest BCUT2D eigenvalue weighted by Crippen LogP contribution is 2.31. The van der Waals surface area contributed by atoms with Gasteiger partial charge in [0.25, 0.3) is 0 Å². The Morgan fingerprint density at radius 1 is 0.906 bits per heavy atom. The Labute approximate surface area is 195 Å². The van der Waals surface area contributed by atoms with E-state index < -0.39 is 5.97 Å². The van der Waals surface area contributed by atoms with Crippen LogP contribution in [0.2, 0.25) is 10.0 Å². The van der Waals surface area contributed by atoms with Gasteiger partial charge in [-0.3, -0.25) is 0 Å². The third-order valence-electron chi connectivity index (χ3n) is 4.70. The van der Waals surface area contributed by atoms with Crippen LogP contribution in [0.5, 0.6) is 11.5 Å². The highest BCUT2D eigenvalue weighted by molar-refractivity contribution is 6.32. The number of hydrogen-bond donors (Lipinski definition) is 0. The topological polar surface area (TPSA) is 57.1 Å². The minimum atomic E-state index is -0.518. The maximum Gasteiger partial charge on any atom is 0.368 e. The van der Waals surface area contributed by atoms with Crippen molar-refractivity contribution in [1.29, 1.82) is 0 Å². The second kappa shape index (κ2) is 9.90. The van der Waals surface area contributed by atoms with Gasteiger partial charge in [0.15, 0.2) is 11.5 Å². The molecule has 0 N–H and O–H groups in total. The van der Waals surface area contributed by atoms with E-state index in [0.717, 1.165) is 16.7 Å². The molecule has 4 rings (SSSR count).